The summed E-state index contributed by atoms with van der Waals surface area (Å²) in [7, 11) is 1.84. The van der Waals surface area contributed by atoms with E-state index in [2.05, 4.69) is 32.3 Å². The fourth-order valence-corrected chi connectivity index (χ4v) is 2.73. The van der Waals surface area contributed by atoms with E-state index < -0.39 is 0 Å². The predicted octanol–water partition coefficient (Wildman–Crippen LogP) is 0.586. The van der Waals surface area contributed by atoms with Crippen LogP contribution in [0.4, 0.5) is 0 Å². The van der Waals surface area contributed by atoms with Crippen LogP contribution >= 0.6 is 24.0 Å². The average Bonchev–Trinajstić information content (AvgIpc) is 3.35. The van der Waals surface area contributed by atoms with Crippen LogP contribution in [0.2, 0.25) is 0 Å². The molecule has 0 amide bonds. The van der Waals surface area contributed by atoms with Crippen LogP contribution in [0.25, 0.3) is 0 Å². The third kappa shape index (κ3) is 7.43. The van der Waals surface area contributed by atoms with Gasteiger partial charge in [0.1, 0.15) is 0 Å². The van der Waals surface area contributed by atoms with Crippen molar-refractivity contribution in [3.05, 3.63) is 0 Å². The molecule has 0 atom stereocenters. The Kier molecular flexibility index (Phi) is 10.3. The molecule has 0 bridgehead atoms. The first kappa shape index (κ1) is 19.9. The highest BCUT2D eigenvalue weighted by molar-refractivity contribution is 14.0. The molecule has 1 aliphatic carbocycles. The first-order valence-electron chi connectivity index (χ1n) is 8.32. The number of hydrogen-bond acceptors (Lipinski definition) is 4. The minimum atomic E-state index is 0. The SMILES string of the molecule is CCN(CCNC(=NC)NCCN1CCOCC1)C1CC1.I. The van der Waals surface area contributed by atoms with E-state index in [-0.39, 0.29) is 24.0 Å². The third-order valence-corrected chi connectivity index (χ3v) is 4.21. The van der Waals surface area contributed by atoms with Crippen molar-refractivity contribution in [3.63, 3.8) is 0 Å². The number of morpholine rings is 1. The summed E-state index contributed by atoms with van der Waals surface area (Å²) in [6.45, 7) is 11.2. The second kappa shape index (κ2) is 11.4. The van der Waals surface area contributed by atoms with Crippen molar-refractivity contribution < 1.29 is 4.74 Å². The van der Waals surface area contributed by atoms with E-state index in [9.17, 15) is 0 Å². The molecule has 1 saturated heterocycles. The highest BCUT2D eigenvalue weighted by Gasteiger charge is 2.27. The Balaban J connectivity index is 0.00000242. The molecule has 0 spiro atoms. The van der Waals surface area contributed by atoms with Crippen LogP contribution in [-0.2, 0) is 4.74 Å². The zero-order valence-corrected chi connectivity index (χ0v) is 16.3. The molecule has 2 rings (SSSR count). The van der Waals surface area contributed by atoms with Crippen molar-refractivity contribution in [1.29, 1.82) is 0 Å². The molecule has 0 unspecified atom stereocenters. The van der Waals surface area contributed by atoms with Gasteiger partial charge in [0.05, 0.1) is 13.2 Å². The Morgan fingerprint density at radius 3 is 2.50 bits per heavy atom. The second-order valence-corrected chi connectivity index (χ2v) is 5.74. The smallest absolute Gasteiger partial charge is 0.191 e. The number of aliphatic imine (C=N–C) groups is 1. The molecule has 0 aromatic rings. The number of hydrogen-bond donors (Lipinski definition) is 2. The zero-order valence-electron chi connectivity index (χ0n) is 14.0. The summed E-state index contributed by atoms with van der Waals surface area (Å²) in [5.74, 6) is 0.912. The molecule has 1 saturated carbocycles. The Hall–Kier alpha value is -0.120. The maximum atomic E-state index is 5.36. The summed E-state index contributed by atoms with van der Waals surface area (Å²) < 4.78 is 5.36. The molecule has 130 valence electrons. The van der Waals surface area contributed by atoms with Gasteiger partial charge in [0.25, 0.3) is 0 Å². The molecule has 0 radical (unpaired) electrons. The lowest BCUT2D eigenvalue weighted by molar-refractivity contribution is 0.0389. The molecule has 0 aromatic heterocycles. The van der Waals surface area contributed by atoms with Crippen molar-refractivity contribution in [2.24, 2.45) is 4.99 Å². The Labute approximate surface area is 152 Å². The molecule has 0 aromatic carbocycles. The van der Waals surface area contributed by atoms with Crippen LogP contribution in [0.3, 0.4) is 0 Å². The van der Waals surface area contributed by atoms with Crippen LogP contribution in [0, 0.1) is 0 Å². The summed E-state index contributed by atoms with van der Waals surface area (Å²) in [5, 5.41) is 6.80. The number of guanidine groups is 1. The van der Waals surface area contributed by atoms with E-state index in [1.54, 1.807) is 0 Å². The van der Waals surface area contributed by atoms with Crippen molar-refractivity contribution in [3.8, 4) is 0 Å². The predicted molar refractivity (Wildman–Crippen MR) is 102 cm³/mol. The van der Waals surface area contributed by atoms with Gasteiger partial charge in [0.2, 0.25) is 0 Å². The van der Waals surface area contributed by atoms with Crippen LogP contribution in [-0.4, -0.2) is 87.9 Å². The summed E-state index contributed by atoms with van der Waals surface area (Å²) in [6.07, 6.45) is 2.75. The van der Waals surface area contributed by atoms with Crippen LogP contribution < -0.4 is 10.6 Å². The highest BCUT2D eigenvalue weighted by atomic mass is 127. The van der Waals surface area contributed by atoms with Crippen LogP contribution in [0.15, 0.2) is 4.99 Å². The third-order valence-electron chi connectivity index (χ3n) is 4.21. The van der Waals surface area contributed by atoms with Gasteiger partial charge in [-0.25, -0.2) is 0 Å². The standard InChI is InChI=1S/C15H31N5O.HI/c1-3-20(14-4-5-14)9-7-18-15(16-2)17-6-8-19-10-12-21-13-11-19;/h14H,3-13H2,1-2H3,(H2,16,17,18);1H. The van der Waals surface area contributed by atoms with Crippen molar-refractivity contribution in [1.82, 2.24) is 20.4 Å². The molecule has 2 N–H and O–H groups in total. The lowest BCUT2D eigenvalue weighted by atomic mass is 10.4. The van der Waals surface area contributed by atoms with E-state index in [0.29, 0.717) is 0 Å². The fraction of sp³-hybridized carbons (Fsp3) is 0.933. The number of rotatable bonds is 8. The largest absolute Gasteiger partial charge is 0.379 e. The quantitative estimate of drug-likeness (QED) is 0.339. The van der Waals surface area contributed by atoms with Crippen molar-refractivity contribution in [2.75, 3.05) is 66.1 Å². The molecular weight excluding hydrogens is 393 g/mol. The topological polar surface area (TPSA) is 52.1 Å². The fourth-order valence-electron chi connectivity index (χ4n) is 2.73. The van der Waals surface area contributed by atoms with E-state index >= 15 is 0 Å². The maximum Gasteiger partial charge on any atom is 0.191 e. The van der Waals surface area contributed by atoms with Gasteiger partial charge >= 0.3 is 0 Å². The van der Waals surface area contributed by atoms with Gasteiger partial charge < -0.3 is 15.4 Å². The zero-order chi connectivity index (χ0) is 14.9. The maximum absolute atomic E-state index is 5.36. The monoisotopic (exact) mass is 425 g/mol. The number of halogens is 1. The Morgan fingerprint density at radius 1 is 1.23 bits per heavy atom. The van der Waals surface area contributed by atoms with Crippen LogP contribution in [0.1, 0.15) is 19.8 Å². The van der Waals surface area contributed by atoms with Gasteiger partial charge in [-0.1, -0.05) is 6.92 Å². The first-order chi connectivity index (χ1) is 10.3. The minimum Gasteiger partial charge on any atom is -0.379 e. The van der Waals surface area contributed by atoms with Crippen molar-refractivity contribution in [2.45, 2.75) is 25.8 Å². The molecule has 22 heavy (non-hydrogen) atoms. The van der Waals surface area contributed by atoms with Gasteiger partial charge in [-0.05, 0) is 19.4 Å². The molecular formula is C15H32IN5O. The minimum absolute atomic E-state index is 0. The molecule has 2 aliphatic rings. The normalized spacial score (nSPS) is 19.9. The second-order valence-electron chi connectivity index (χ2n) is 5.74. The molecule has 2 fully saturated rings. The Bertz CT molecular complexity index is 319. The Morgan fingerprint density at radius 2 is 1.91 bits per heavy atom. The van der Waals surface area contributed by atoms with E-state index in [4.69, 9.17) is 4.74 Å². The van der Waals surface area contributed by atoms with Gasteiger partial charge in [0.15, 0.2) is 5.96 Å². The van der Waals surface area contributed by atoms with E-state index in [1.165, 1.54) is 12.8 Å². The first-order valence-corrected chi connectivity index (χ1v) is 8.32. The summed E-state index contributed by atoms with van der Waals surface area (Å²) in [6, 6.07) is 0.841. The average molecular weight is 425 g/mol. The molecule has 6 nitrogen and oxygen atoms in total. The lowest BCUT2D eigenvalue weighted by Gasteiger charge is -2.27. The van der Waals surface area contributed by atoms with E-state index in [1.807, 2.05) is 7.05 Å². The molecule has 1 aliphatic heterocycles. The summed E-state index contributed by atoms with van der Waals surface area (Å²) >= 11 is 0. The summed E-state index contributed by atoms with van der Waals surface area (Å²) in [4.78, 5) is 9.26. The van der Waals surface area contributed by atoms with Gasteiger partial charge in [-0.15, -0.1) is 24.0 Å². The van der Waals surface area contributed by atoms with Crippen molar-refractivity contribution >= 4 is 29.9 Å². The van der Waals surface area contributed by atoms with Gasteiger partial charge in [0, 0.05) is 52.4 Å². The van der Waals surface area contributed by atoms with E-state index in [0.717, 1.165) is 71.0 Å². The number of likely N-dealkylation sites (N-methyl/N-ethyl adjacent to an activating group) is 1. The van der Waals surface area contributed by atoms with Gasteiger partial charge in [-0.3, -0.25) is 14.8 Å². The highest BCUT2D eigenvalue weighted by Crippen LogP contribution is 2.25. The van der Waals surface area contributed by atoms with Gasteiger partial charge in [-0.2, -0.15) is 0 Å². The number of nitrogens with zero attached hydrogens (tertiary/aromatic N) is 3. The number of nitrogens with one attached hydrogen (secondary N) is 2. The van der Waals surface area contributed by atoms with Crippen LogP contribution in [0.5, 0.6) is 0 Å². The number of ether oxygens (including phenoxy) is 1. The molecule has 1 heterocycles. The summed E-state index contributed by atoms with van der Waals surface area (Å²) in [5.41, 5.74) is 0. The molecule has 7 heteroatoms. The lowest BCUT2D eigenvalue weighted by Crippen LogP contribution is -2.46.